The fraction of sp³-hybridized carbons (Fsp3) is 0.185. The van der Waals surface area contributed by atoms with Crippen LogP contribution in [0, 0.1) is 5.92 Å². The highest BCUT2D eigenvalue weighted by atomic mass is 28.4. The van der Waals surface area contributed by atoms with Crippen LogP contribution in [-0.2, 0) is 10.3 Å². The van der Waals surface area contributed by atoms with Crippen LogP contribution in [0.3, 0.4) is 0 Å². The molecule has 7 aromatic carbocycles. The van der Waals surface area contributed by atoms with Crippen LogP contribution in [0.25, 0.3) is 10.8 Å². The van der Waals surface area contributed by atoms with Crippen molar-refractivity contribution in [1.82, 2.24) is 9.55 Å². The molecule has 0 radical (unpaired) electrons. The first-order chi connectivity index (χ1) is 29.2. The number of carbonyl (C=O) groups excluding carboxylic acids is 1. The maximum Gasteiger partial charge on any atom is 0.319 e. The van der Waals surface area contributed by atoms with Crippen LogP contribution >= 0.6 is 0 Å². The second kappa shape index (κ2) is 15.9. The van der Waals surface area contributed by atoms with Gasteiger partial charge < -0.3 is 13.9 Å². The van der Waals surface area contributed by atoms with E-state index in [1.54, 1.807) is 0 Å². The van der Waals surface area contributed by atoms with E-state index >= 15 is 0 Å². The number of nitrogens with zero attached hydrogens (tertiary/aromatic N) is 3. The Morgan fingerprint density at radius 1 is 0.650 bits per heavy atom. The van der Waals surface area contributed by atoms with Gasteiger partial charge in [0.15, 0.2) is 0 Å². The van der Waals surface area contributed by atoms with Crippen molar-refractivity contribution in [2.45, 2.75) is 50.6 Å². The average Bonchev–Trinajstić information content (AvgIpc) is 3.94. The van der Waals surface area contributed by atoms with Gasteiger partial charge in [-0.2, -0.15) is 0 Å². The van der Waals surface area contributed by atoms with E-state index in [1.807, 2.05) is 11.2 Å². The Bertz CT molecular complexity index is 2580. The lowest BCUT2D eigenvalue weighted by molar-refractivity contribution is -0.120. The molecule has 1 saturated heterocycles. The zero-order valence-electron chi connectivity index (χ0n) is 34.8. The molecule has 1 aliphatic rings. The monoisotopic (exact) mass is 801 g/mol. The van der Waals surface area contributed by atoms with Gasteiger partial charge in [0.25, 0.3) is 0 Å². The number of hydrogen-bond donors (Lipinski definition) is 0. The topological polar surface area (TPSA) is 47.4 Å². The second-order valence-electron chi connectivity index (χ2n) is 17.1. The fourth-order valence-corrected chi connectivity index (χ4v) is 14.1. The van der Waals surface area contributed by atoms with Crippen molar-refractivity contribution in [2.75, 3.05) is 11.4 Å². The van der Waals surface area contributed by atoms with Crippen LogP contribution in [0.1, 0.15) is 62.4 Å². The summed E-state index contributed by atoms with van der Waals surface area (Å²) in [5, 5.41) is 4.34. The van der Waals surface area contributed by atoms with E-state index in [9.17, 15) is 4.79 Å². The van der Waals surface area contributed by atoms with Crippen molar-refractivity contribution in [3.63, 3.8) is 0 Å². The van der Waals surface area contributed by atoms with Gasteiger partial charge in [-0.3, -0.25) is 4.79 Å². The molecule has 9 rings (SSSR count). The van der Waals surface area contributed by atoms with Gasteiger partial charge in [0.2, 0.25) is 5.91 Å². The summed E-state index contributed by atoms with van der Waals surface area (Å²) in [6.07, 6.45) is 4.86. The molecule has 6 heteroatoms. The van der Waals surface area contributed by atoms with Crippen LogP contribution < -0.4 is 19.7 Å². The summed E-state index contributed by atoms with van der Waals surface area (Å²) < 4.78 is 9.70. The van der Waals surface area contributed by atoms with E-state index in [0.29, 0.717) is 6.54 Å². The predicted molar refractivity (Wildman–Crippen MR) is 248 cm³/mol. The Hall–Kier alpha value is -6.50. The highest BCUT2D eigenvalue weighted by Crippen LogP contribution is 2.44. The van der Waals surface area contributed by atoms with E-state index in [-0.39, 0.29) is 22.8 Å². The first kappa shape index (κ1) is 39.0. The Labute approximate surface area is 355 Å². The number of fused-ring (bicyclic) bond motifs is 1. The minimum Gasteiger partial charge on any atom is -0.534 e. The molecular weight excluding hydrogens is 751 g/mol. The molecule has 0 N–H and O–H groups in total. The quantitative estimate of drug-likeness (QED) is 0.0967. The van der Waals surface area contributed by atoms with Crippen LogP contribution in [0.2, 0.25) is 5.04 Å². The molecule has 1 amide bonds. The van der Waals surface area contributed by atoms with Crippen molar-refractivity contribution < 1.29 is 9.22 Å². The van der Waals surface area contributed by atoms with Gasteiger partial charge in [-0.1, -0.05) is 198 Å². The molecule has 60 heavy (non-hydrogen) atoms. The number of aromatic nitrogens is 2. The van der Waals surface area contributed by atoms with Crippen LogP contribution in [0.5, 0.6) is 5.75 Å². The van der Waals surface area contributed by atoms with Gasteiger partial charge in [-0.05, 0) is 62.1 Å². The first-order valence-electron chi connectivity index (χ1n) is 21.1. The van der Waals surface area contributed by atoms with Gasteiger partial charge in [-0.25, -0.2) is 4.98 Å². The van der Waals surface area contributed by atoms with Crippen LogP contribution in [-0.4, -0.2) is 30.3 Å². The molecule has 1 aromatic heterocycles. The van der Waals surface area contributed by atoms with Crippen molar-refractivity contribution >= 4 is 41.1 Å². The largest absolute Gasteiger partial charge is 0.534 e. The normalized spacial score (nSPS) is 15.3. The maximum absolute atomic E-state index is 14.7. The summed E-state index contributed by atoms with van der Waals surface area (Å²) in [7, 11) is -2.87. The van der Waals surface area contributed by atoms with Gasteiger partial charge >= 0.3 is 8.32 Å². The Balaban J connectivity index is 1.06. The summed E-state index contributed by atoms with van der Waals surface area (Å²) in [6.45, 7) is 9.68. The van der Waals surface area contributed by atoms with Gasteiger partial charge in [0, 0.05) is 30.0 Å². The zero-order valence-corrected chi connectivity index (χ0v) is 35.8. The zero-order chi connectivity index (χ0) is 41.3. The molecule has 0 aliphatic carbocycles. The molecule has 2 atom stereocenters. The summed E-state index contributed by atoms with van der Waals surface area (Å²) in [6, 6.07) is 66.0. The number of hydrogen-bond acceptors (Lipinski definition) is 3. The molecule has 298 valence electrons. The van der Waals surface area contributed by atoms with Crippen molar-refractivity contribution in [2.24, 2.45) is 5.92 Å². The summed E-state index contributed by atoms with van der Waals surface area (Å²) in [5.41, 5.74) is 4.56. The minimum atomic E-state index is -2.87. The minimum absolute atomic E-state index is 0.104. The standard InChI is InChI=1S/C54H51N3O2Si/c1-40(50-38-56(39-55-50)54(42-22-10-5-11-23-42,43-24-12-6-13-25-43)44-26-14-7-15-27-44)48-35-36-57(52(48)58)51-32-20-21-41-33-34-45(37-49(41)51)59-60(53(2,3)4,46-28-16-8-17-29-46)47-30-18-9-19-31-47/h5-34,37-40,48H,35-36H2,1-4H3. The molecule has 0 spiro atoms. The molecule has 2 unspecified atom stereocenters. The van der Waals surface area contributed by atoms with E-state index in [4.69, 9.17) is 9.41 Å². The molecule has 1 aliphatic heterocycles. The van der Waals surface area contributed by atoms with Crippen LogP contribution in [0.15, 0.2) is 201 Å². The highest BCUT2D eigenvalue weighted by molar-refractivity contribution is 7.00. The number of rotatable bonds is 11. The van der Waals surface area contributed by atoms with Crippen molar-refractivity contribution in [3.05, 3.63) is 223 Å². The Morgan fingerprint density at radius 2 is 1.17 bits per heavy atom. The molecule has 1 fully saturated rings. The second-order valence-corrected chi connectivity index (χ2v) is 21.3. The van der Waals surface area contributed by atoms with E-state index < -0.39 is 13.9 Å². The third-order valence-corrected chi connectivity index (χ3v) is 17.6. The first-order valence-corrected chi connectivity index (χ1v) is 23.0. The SMILES string of the molecule is CC(c1cn(C(c2ccccc2)(c2ccccc2)c2ccccc2)cn1)C1CCN(c2cccc3ccc(O[Si](c4ccccc4)(c4ccccc4)C(C)(C)C)cc23)C1=O. The van der Waals surface area contributed by atoms with Gasteiger partial charge in [0.05, 0.1) is 17.7 Å². The molecule has 5 nitrogen and oxygen atoms in total. The molecule has 0 bridgehead atoms. The molecule has 0 saturated carbocycles. The van der Waals surface area contributed by atoms with E-state index in [0.717, 1.165) is 51.0 Å². The summed E-state index contributed by atoms with van der Waals surface area (Å²) >= 11 is 0. The maximum atomic E-state index is 14.7. The van der Waals surface area contributed by atoms with Crippen molar-refractivity contribution in [3.8, 4) is 5.75 Å². The Morgan fingerprint density at radius 3 is 1.68 bits per heavy atom. The number of carbonyl (C=O) groups is 1. The van der Waals surface area contributed by atoms with Crippen molar-refractivity contribution in [1.29, 1.82) is 0 Å². The number of amides is 1. The van der Waals surface area contributed by atoms with Gasteiger partial charge in [-0.15, -0.1) is 0 Å². The molecular formula is C54H51N3O2Si. The van der Waals surface area contributed by atoms with Gasteiger partial charge in [0.1, 0.15) is 11.3 Å². The number of imidazole rings is 1. The fourth-order valence-electron chi connectivity index (χ4n) is 9.71. The smallest absolute Gasteiger partial charge is 0.319 e. The van der Waals surface area contributed by atoms with E-state index in [1.165, 1.54) is 10.4 Å². The molecule has 8 aromatic rings. The number of benzene rings is 7. The average molecular weight is 802 g/mol. The third kappa shape index (κ3) is 6.65. The lowest BCUT2D eigenvalue weighted by atomic mass is 9.76. The molecule has 2 heterocycles. The third-order valence-electron chi connectivity index (χ3n) is 12.7. The lowest BCUT2D eigenvalue weighted by Gasteiger charge is -2.43. The lowest BCUT2D eigenvalue weighted by Crippen LogP contribution is -2.68. The highest BCUT2D eigenvalue weighted by Gasteiger charge is 2.52. The van der Waals surface area contributed by atoms with Crippen LogP contribution in [0.4, 0.5) is 5.69 Å². The number of anilines is 1. The van der Waals surface area contributed by atoms with E-state index in [2.05, 4.69) is 227 Å². The predicted octanol–water partition coefficient (Wildman–Crippen LogP) is 11.0. The summed E-state index contributed by atoms with van der Waals surface area (Å²) in [5.74, 6) is 0.612. The Kier molecular flexibility index (Phi) is 10.3. The summed E-state index contributed by atoms with van der Waals surface area (Å²) in [4.78, 5) is 21.8.